The highest BCUT2D eigenvalue weighted by molar-refractivity contribution is 9.10. The number of hydrogen-bond donors (Lipinski definition) is 2. The summed E-state index contributed by atoms with van der Waals surface area (Å²) in [6, 6.07) is 1.97. The number of halogens is 1. The van der Waals surface area contributed by atoms with Crippen LogP contribution >= 0.6 is 27.3 Å². The zero-order chi connectivity index (χ0) is 13.9. The molecule has 1 unspecified atom stereocenters. The number of hydrogen-bond acceptors (Lipinski definition) is 4. The predicted octanol–water partition coefficient (Wildman–Crippen LogP) is 2.30. The van der Waals surface area contributed by atoms with Crippen LogP contribution < -0.4 is 5.32 Å². The third-order valence-corrected chi connectivity index (χ3v) is 5.22. The first kappa shape index (κ1) is 15.0. The van der Waals surface area contributed by atoms with Crippen molar-refractivity contribution in [1.82, 2.24) is 5.32 Å². The van der Waals surface area contributed by atoms with Crippen LogP contribution in [0.4, 0.5) is 0 Å². The van der Waals surface area contributed by atoms with Gasteiger partial charge in [0.05, 0.1) is 6.54 Å². The number of ether oxygens (including phenoxy) is 1. The Morgan fingerprint density at radius 1 is 1.63 bits per heavy atom. The van der Waals surface area contributed by atoms with E-state index in [1.165, 1.54) is 0 Å². The smallest absolute Gasteiger partial charge is 0.252 e. The number of thiophene rings is 1. The summed E-state index contributed by atoms with van der Waals surface area (Å²) in [5.74, 6) is -0.333. The molecule has 106 valence electrons. The molecule has 1 aromatic heterocycles. The lowest BCUT2D eigenvalue weighted by atomic mass is 9.82. The number of amides is 1. The number of nitrogens with one attached hydrogen (secondary N) is 1. The SMILES string of the molecule is CC(O)(C(=O)NCc1cc(Br)cs1)C1CCOCC1. The van der Waals surface area contributed by atoms with E-state index in [9.17, 15) is 9.90 Å². The lowest BCUT2D eigenvalue weighted by Crippen LogP contribution is -2.51. The van der Waals surface area contributed by atoms with Gasteiger partial charge in [-0.25, -0.2) is 0 Å². The molecule has 0 aromatic carbocycles. The molecule has 1 fully saturated rings. The van der Waals surface area contributed by atoms with Crippen LogP contribution in [0.25, 0.3) is 0 Å². The molecule has 2 rings (SSSR count). The molecular formula is C13H18BrNO3S. The highest BCUT2D eigenvalue weighted by Gasteiger charge is 2.39. The largest absolute Gasteiger partial charge is 0.381 e. The second-order valence-electron chi connectivity index (χ2n) is 4.95. The summed E-state index contributed by atoms with van der Waals surface area (Å²) in [7, 11) is 0. The van der Waals surface area contributed by atoms with E-state index in [-0.39, 0.29) is 11.8 Å². The second-order valence-corrected chi connectivity index (χ2v) is 6.86. The number of carbonyl (C=O) groups is 1. The topological polar surface area (TPSA) is 58.6 Å². The molecule has 1 aromatic rings. The molecule has 2 N–H and O–H groups in total. The molecule has 1 aliphatic heterocycles. The Kier molecular flexibility index (Phi) is 5.00. The van der Waals surface area contributed by atoms with Gasteiger partial charge in [0.2, 0.25) is 0 Å². The van der Waals surface area contributed by atoms with Crippen LogP contribution in [0.1, 0.15) is 24.6 Å². The first-order valence-corrected chi connectivity index (χ1v) is 7.98. The number of carbonyl (C=O) groups excluding carboxylic acids is 1. The molecule has 4 nitrogen and oxygen atoms in total. The van der Waals surface area contributed by atoms with E-state index in [1.54, 1.807) is 18.3 Å². The maximum Gasteiger partial charge on any atom is 0.252 e. The molecule has 1 saturated heterocycles. The van der Waals surface area contributed by atoms with Crippen molar-refractivity contribution >= 4 is 33.2 Å². The zero-order valence-corrected chi connectivity index (χ0v) is 13.2. The maximum absolute atomic E-state index is 12.1. The third-order valence-electron chi connectivity index (χ3n) is 3.52. The van der Waals surface area contributed by atoms with E-state index in [0.717, 1.165) is 22.2 Å². The fourth-order valence-corrected chi connectivity index (χ4v) is 3.63. The average Bonchev–Trinajstić information content (AvgIpc) is 2.82. The van der Waals surface area contributed by atoms with Gasteiger partial charge in [-0.3, -0.25) is 4.79 Å². The van der Waals surface area contributed by atoms with Gasteiger partial charge in [0.15, 0.2) is 0 Å². The molecule has 1 atom stereocenters. The van der Waals surface area contributed by atoms with Gasteiger partial charge in [-0.05, 0) is 41.8 Å². The minimum absolute atomic E-state index is 0.0312. The normalized spacial score (nSPS) is 19.9. The Labute approximate surface area is 125 Å². The van der Waals surface area contributed by atoms with Crippen LogP contribution in [-0.2, 0) is 16.1 Å². The van der Waals surface area contributed by atoms with Gasteiger partial charge in [-0.2, -0.15) is 0 Å². The quantitative estimate of drug-likeness (QED) is 0.878. The van der Waals surface area contributed by atoms with Crippen molar-refractivity contribution in [2.75, 3.05) is 13.2 Å². The van der Waals surface area contributed by atoms with Crippen LogP contribution in [-0.4, -0.2) is 29.8 Å². The van der Waals surface area contributed by atoms with Crippen molar-refractivity contribution in [3.63, 3.8) is 0 Å². The van der Waals surface area contributed by atoms with Gasteiger partial charge < -0.3 is 15.2 Å². The molecule has 0 aliphatic carbocycles. The Hall–Kier alpha value is -0.430. The van der Waals surface area contributed by atoms with Gasteiger partial charge in [-0.15, -0.1) is 11.3 Å². The van der Waals surface area contributed by atoms with Crippen LogP contribution in [0.3, 0.4) is 0 Å². The van der Waals surface area contributed by atoms with Crippen molar-refractivity contribution in [2.24, 2.45) is 5.92 Å². The monoisotopic (exact) mass is 347 g/mol. The fourth-order valence-electron chi connectivity index (χ4n) is 2.24. The Morgan fingerprint density at radius 3 is 2.89 bits per heavy atom. The Morgan fingerprint density at radius 2 is 2.32 bits per heavy atom. The average molecular weight is 348 g/mol. The van der Waals surface area contributed by atoms with Gasteiger partial charge in [0, 0.05) is 33.9 Å². The van der Waals surface area contributed by atoms with Gasteiger partial charge in [0.1, 0.15) is 5.60 Å². The number of rotatable bonds is 4. The van der Waals surface area contributed by atoms with Crippen LogP contribution in [0.5, 0.6) is 0 Å². The Balaban J connectivity index is 1.90. The van der Waals surface area contributed by atoms with Gasteiger partial charge in [-0.1, -0.05) is 0 Å². The summed E-state index contributed by atoms with van der Waals surface area (Å²) in [4.78, 5) is 13.2. The van der Waals surface area contributed by atoms with E-state index < -0.39 is 5.60 Å². The lowest BCUT2D eigenvalue weighted by molar-refractivity contribution is -0.147. The molecule has 19 heavy (non-hydrogen) atoms. The molecule has 1 aliphatic rings. The molecule has 1 amide bonds. The van der Waals surface area contributed by atoms with E-state index in [1.807, 2.05) is 11.4 Å². The summed E-state index contributed by atoms with van der Waals surface area (Å²) in [5.41, 5.74) is -1.32. The molecule has 0 saturated carbocycles. The molecule has 0 bridgehead atoms. The summed E-state index contributed by atoms with van der Waals surface area (Å²) in [6.07, 6.45) is 1.45. The standard InChI is InChI=1S/C13H18BrNO3S/c1-13(17,9-2-4-18-5-3-9)12(16)15-7-11-6-10(14)8-19-11/h6,8-9,17H,2-5,7H2,1H3,(H,15,16). The molecule has 2 heterocycles. The van der Waals surface area contributed by atoms with E-state index >= 15 is 0 Å². The molecule has 0 spiro atoms. The summed E-state index contributed by atoms with van der Waals surface area (Å²) < 4.78 is 6.27. The minimum atomic E-state index is -1.32. The van der Waals surface area contributed by atoms with Crippen molar-refractivity contribution in [3.05, 3.63) is 20.8 Å². The van der Waals surface area contributed by atoms with Crippen LogP contribution in [0, 0.1) is 5.92 Å². The van der Waals surface area contributed by atoms with Crippen molar-refractivity contribution in [2.45, 2.75) is 31.9 Å². The van der Waals surface area contributed by atoms with Crippen molar-refractivity contribution in [3.8, 4) is 0 Å². The van der Waals surface area contributed by atoms with E-state index in [2.05, 4.69) is 21.2 Å². The highest BCUT2D eigenvalue weighted by atomic mass is 79.9. The van der Waals surface area contributed by atoms with Gasteiger partial charge in [0.25, 0.3) is 5.91 Å². The summed E-state index contributed by atoms with van der Waals surface area (Å²) in [5, 5.41) is 15.2. The van der Waals surface area contributed by atoms with Crippen molar-refractivity contribution < 1.29 is 14.6 Å². The molecular weight excluding hydrogens is 330 g/mol. The van der Waals surface area contributed by atoms with Crippen LogP contribution in [0.15, 0.2) is 15.9 Å². The molecule has 6 heteroatoms. The predicted molar refractivity (Wildman–Crippen MR) is 78.0 cm³/mol. The van der Waals surface area contributed by atoms with Crippen LogP contribution in [0.2, 0.25) is 0 Å². The first-order valence-electron chi connectivity index (χ1n) is 6.31. The lowest BCUT2D eigenvalue weighted by Gasteiger charge is -2.34. The first-order chi connectivity index (χ1) is 9.00. The Bertz CT molecular complexity index is 441. The maximum atomic E-state index is 12.1. The van der Waals surface area contributed by atoms with Crippen molar-refractivity contribution in [1.29, 1.82) is 0 Å². The van der Waals surface area contributed by atoms with Gasteiger partial charge >= 0.3 is 0 Å². The molecule has 0 radical (unpaired) electrons. The number of aliphatic hydroxyl groups is 1. The summed E-state index contributed by atoms with van der Waals surface area (Å²) in [6.45, 7) is 3.29. The minimum Gasteiger partial charge on any atom is -0.381 e. The second kappa shape index (κ2) is 6.35. The van der Waals surface area contributed by atoms with E-state index in [0.29, 0.717) is 19.8 Å². The summed E-state index contributed by atoms with van der Waals surface area (Å²) >= 11 is 4.95. The fraction of sp³-hybridized carbons (Fsp3) is 0.615. The highest BCUT2D eigenvalue weighted by Crippen LogP contribution is 2.28. The van der Waals surface area contributed by atoms with E-state index in [4.69, 9.17) is 4.74 Å². The third kappa shape index (κ3) is 3.78. The zero-order valence-electron chi connectivity index (χ0n) is 10.8.